The van der Waals surface area contributed by atoms with E-state index in [2.05, 4.69) is 29.6 Å². The molecule has 0 bridgehead atoms. The van der Waals surface area contributed by atoms with E-state index in [1.807, 2.05) is 6.92 Å². The molecule has 1 fully saturated rings. The molecule has 0 aromatic heterocycles. The Morgan fingerprint density at radius 1 is 1.37 bits per heavy atom. The number of nitrogens with one attached hydrogen (secondary N) is 1. The second-order valence-corrected chi connectivity index (χ2v) is 6.98. The van der Waals surface area contributed by atoms with Crippen molar-refractivity contribution in [3.8, 4) is 6.07 Å². The van der Waals surface area contributed by atoms with Gasteiger partial charge in [0, 0.05) is 16.7 Å². The minimum absolute atomic E-state index is 0.398. The molecular weight excluding hydrogens is 252 g/mol. The van der Waals surface area contributed by atoms with Crippen molar-refractivity contribution in [1.29, 1.82) is 5.26 Å². The van der Waals surface area contributed by atoms with Gasteiger partial charge in [0.25, 0.3) is 0 Å². The maximum Gasteiger partial charge on any atom is 0.113 e. The number of thioether (sulfide) groups is 1. The number of nitriles is 1. The Morgan fingerprint density at radius 3 is 2.89 bits per heavy atom. The molecule has 1 aromatic carbocycles. The minimum Gasteiger partial charge on any atom is -0.296 e. The van der Waals surface area contributed by atoms with Crippen LogP contribution in [0.25, 0.3) is 0 Å². The largest absolute Gasteiger partial charge is 0.296 e. The van der Waals surface area contributed by atoms with Crippen LogP contribution in [-0.2, 0) is 12.8 Å². The van der Waals surface area contributed by atoms with Gasteiger partial charge in [-0.2, -0.15) is 5.26 Å². The average Bonchev–Trinajstić information content (AvgIpc) is 3.10. The van der Waals surface area contributed by atoms with Gasteiger partial charge in [-0.15, -0.1) is 11.8 Å². The van der Waals surface area contributed by atoms with Gasteiger partial charge in [-0.1, -0.05) is 6.07 Å². The Balaban J connectivity index is 1.63. The van der Waals surface area contributed by atoms with Crippen LogP contribution in [0.2, 0.25) is 0 Å². The Labute approximate surface area is 119 Å². The monoisotopic (exact) mass is 272 g/mol. The third-order valence-electron chi connectivity index (χ3n) is 3.94. The molecule has 3 rings (SSSR count). The summed E-state index contributed by atoms with van der Waals surface area (Å²) in [6, 6.07) is 9.81. The first-order valence-electron chi connectivity index (χ1n) is 7.12. The lowest BCUT2D eigenvalue weighted by Gasteiger charge is -2.22. The lowest BCUT2D eigenvalue weighted by Crippen LogP contribution is -2.44. The third kappa shape index (κ3) is 3.13. The van der Waals surface area contributed by atoms with E-state index in [1.54, 1.807) is 11.8 Å². The van der Waals surface area contributed by atoms with Gasteiger partial charge in [0.2, 0.25) is 0 Å². The number of aryl methyl sites for hydroxylation is 2. The normalized spacial score (nSPS) is 20.6. The van der Waals surface area contributed by atoms with Crippen molar-refractivity contribution in [3.63, 3.8) is 0 Å². The van der Waals surface area contributed by atoms with Gasteiger partial charge in [0.15, 0.2) is 0 Å². The fraction of sp³-hybridized carbons (Fsp3) is 0.562. The maximum atomic E-state index is 9.37. The number of hydrogen-bond donors (Lipinski definition) is 1. The fourth-order valence-electron chi connectivity index (χ4n) is 2.65. The zero-order valence-corrected chi connectivity index (χ0v) is 12.2. The fourth-order valence-corrected chi connectivity index (χ4v) is 3.64. The van der Waals surface area contributed by atoms with E-state index in [4.69, 9.17) is 0 Å². The summed E-state index contributed by atoms with van der Waals surface area (Å²) in [5.74, 6) is 0.818. The molecule has 1 aromatic rings. The minimum atomic E-state index is -0.398. The van der Waals surface area contributed by atoms with Gasteiger partial charge in [-0.25, -0.2) is 0 Å². The maximum absolute atomic E-state index is 9.37. The summed E-state index contributed by atoms with van der Waals surface area (Å²) in [4.78, 5) is 1.31. The standard InChI is InChI=1S/C16H20N2S/c1-16(10-17,18-14-6-7-14)11-19-15-8-5-12-3-2-4-13(12)9-15/h5,8-9,14,18H,2-4,6-7,11H2,1H3. The van der Waals surface area contributed by atoms with Crippen LogP contribution in [0.5, 0.6) is 0 Å². The summed E-state index contributed by atoms with van der Waals surface area (Å²) in [6.45, 7) is 2.02. The van der Waals surface area contributed by atoms with E-state index in [1.165, 1.54) is 48.1 Å². The number of rotatable bonds is 5. The van der Waals surface area contributed by atoms with Gasteiger partial charge in [0.05, 0.1) is 6.07 Å². The Kier molecular flexibility index (Phi) is 3.56. The molecule has 0 spiro atoms. The average molecular weight is 272 g/mol. The molecule has 1 N–H and O–H groups in total. The molecule has 2 aliphatic rings. The summed E-state index contributed by atoms with van der Waals surface area (Å²) in [5.41, 5.74) is 2.63. The lowest BCUT2D eigenvalue weighted by atomic mass is 10.1. The molecular formula is C16H20N2S. The van der Waals surface area contributed by atoms with E-state index >= 15 is 0 Å². The summed E-state index contributed by atoms with van der Waals surface area (Å²) in [6.07, 6.45) is 6.20. The highest BCUT2D eigenvalue weighted by atomic mass is 32.2. The molecule has 0 saturated heterocycles. The highest BCUT2D eigenvalue weighted by Gasteiger charge is 2.32. The summed E-state index contributed by atoms with van der Waals surface area (Å²) in [5, 5.41) is 12.8. The van der Waals surface area contributed by atoms with Crippen molar-refractivity contribution >= 4 is 11.8 Å². The first kappa shape index (κ1) is 13.0. The second-order valence-electron chi connectivity index (χ2n) is 5.94. The summed E-state index contributed by atoms with van der Waals surface area (Å²) < 4.78 is 0. The van der Waals surface area contributed by atoms with E-state index in [0.29, 0.717) is 6.04 Å². The van der Waals surface area contributed by atoms with Gasteiger partial charge in [-0.3, -0.25) is 5.32 Å². The smallest absolute Gasteiger partial charge is 0.113 e. The van der Waals surface area contributed by atoms with Crippen LogP contribution in [0.3, 0.4) is 0 Å². The summed E-state index contributed by atoms with van der Waals surface area (Å²) in [7, 11) is 0. The number of hydrogen-bond acceptors (Lipinski definition) is 3. The molecule has 0 heterocycles. The molecule has 2 nitrogen and oxygen atoms in total. The van der Waals surface area contributed by atoms with Crippen molar-refractivity contribution in [2.75, 3.05) is 5.75 Å². The van der Waals surface area contributed by atoms with Crippen LogP contribution < -0.4 is 5.32 Å². The highest BCUT2D eigenvalue weighted by molar-refractivity contribution is 7.99. The summed E-state index contributed by atoms with van der Waals surface area (Å²) >= 11 is 1.80. The SMILES string of the molecule is CC(C#N)(CSc1ccc2c(c1)CCC2)NC1CC1. The molecule has 1 unspecified atom stereocenters. The predicted molar refractivity (Wildman–Crippen MR) is 79.4 cm³/mol. The van der Waals surface area contributed by atoms with Crippen LogP contribution in [0.4, 0.5) is 0 Å². The van der Waals surface area contributed by atoms with Gasteiger partial charge in [0.1, 0.15) is 5.54 Å². The predicted octanol–water partition coefficient (Wildman–Crippen LogP) is 3.30. The highest BCUT2D eigenvalue weighted by Crippen LogP contribution is 2.30. The van der Waals surface area contributed by atoms with Gasteiger partial charge in [-0.05, 0) is 62.3 Å². The second kappa shape index (κ2) is 5.19. The van der Waals surface area contributed by atoms with Crippen LogP contribution in [0.15, 0.2) is 23.1 Å². The molecule has 1 saturated carbocycles. The van der Waals surface area contributed by atoms with Crippen LogP contribution in [-0.4, -0.2) is 17.3 Å². The molecule has 100 valence electrons. The Bertz CT molecular complexity index is 516. The molecule has 19 heavy (non-hydrogen) atoms. The van der Waals surface area contributed by atoms with E-state index in [9.17, 15) is 5.26 Å². The van der Waals surface area contributed by atoms with Crippen LogP contribution >= 0.6 is 11.8 Å². The van der Waals surface area contributed by atoms with Crippen molar-refractivity contribution in [2.45, 2.75) is 55.5 Å². The van der Waals surface area contributed by atoms with Crippen LogP contribution in [0, 0.1) is 11.3 Å². The molecule has 0 radical (unpaired) electrons. The lowest BCUT2D eigenvalue weighted by molar-refractivity contribution is 0.490. The van der Waals surface area contributed by atoms with Crippen molar-refractivity contribution in [3.05, 3.63) is 29.3 Å². The number of nitrogens with zero attached hydrogens (tertiary/aromatic N) is 1. The number of fused-ring (bicyclic) bond motifs is 1. The third-order valence-corrected chi connectivity index (χ3v) is 5.25. The first-order chi connectivity index (χ1) is 9.18. The Hall–Kier alpha value is -0.980. The molecule has 0 amide bonds. The molecule has 2 aliphatic carbocycles. The van der Waals surface area contributed by atoms with Gasteiger partial charge >= 0.3 is 0 Å². The molecule has 1 atom stereocenters. The van der Waals surface area contributed by atoms with Crippen LogP contribution in [0.1, 0.15) is 37.3 Å². The van der Waals surface area contributed by atoms with Crippen molar-refractivity contribution in [1.82, 2.24) is 5.32 Å². The van der Waals surface area contributed by atoms with Crippen molar-refractivity contribution in [2.24, 2.45) is 0 Å². The quantitative estimate of drug-likeness (QED) is 0.835. The molecule has 3 heteroatoms. The number of benzene rings is 1. The zero-order chi connectivity index (χ0) is 13.3. The van der Waals surface area contributed by atoms with Gasteiger partial charge < -0.3 is 0 Å². The van der Waals surface area contributed by atoms with Crippen molar-refractivity contribution < 1.29 is 0 Å². The van der Waals surface area contributed by atoms with E-state index in [0.717, 1.165) is 5.75 Å². The Morgan fingerprint density at radius 2 is 2.16 bits per heavy atom. The zero-order valence-electron chi connectivity index (χ0n) is 11.4. The van der Waals surface area contributed by atoms with E-state index in [-0.39, 0.29) is 0 Å². The van der Waals surface area contributed by atoms with E-state index < -0.39 is 5.54 Å². The molecule has 0 aliphatic heterocycles. The topological polar surface area (TPSA) is 35.8 Å². The first-order valence-corrected chi connectivity index (χ1v) is 8.11.